The maximum Gasteiger partial charge on any atom is 0.348 e. The van der Waals surface area contributed by atoms with E-state index in [1.165, 1.54) is 0 Å². The highest BCUT2D eigenvalue weighted by Crippen LogP contribution is 2.53. The summed E-state index contributed by atoms with van der Waals surface area (Å²) in [6.45, 7) is 11.5. The van der Waals surface area contributed by atoms with E-state index in [0.717, 1.165) is 20.1 Å². The Morgan fingerprint density at radius 1 is 0.905 bits per heavy atom. The van der Waals surface area contributed by atoms with Crippen LogP contribution in [-0.4, -0.2) is 83.0 Å². The molecule has 1 aliphatic heterocycles. The summed E-state index contributed by atoms with van der Waals surface area (Å²) in [7, 11) is 0. The van der Waals surface area contributed by atoms with Crippen LogP contribution < -0.4 is 0 Å². The third-order valence-electron chi connectivity index (χ3n) is 6.96. The van der Waals surface area contributed by atoms with Crippen LogP contribution >= 0.6 is 0 Å². The third kappa shape index (κ3) is 8.66. The Morgan fingerprint density at radius 3 is 2.02 bits per heavy atom. The first-order valence-electron chi connectivity index (χ1n) is 14.1. The fourth-order valence-electron chi connectivity index (χ4n) is 5.04. The Bertz CT molecular complexity index is 1050. The van der Waals surface area contributed by atoms with Crippen LogP contribution in [0.25, 0.3) is 0 Å². The van der Waals surface area contributed by atoms with Gasteiger partial charge in [0.15, 0.2) is 0 Å². The number of hydrogen-bond donors (Lipinski definition) is 2. The van der Waals surface area contributed by atoms with Gasteiger partial charge in [0.05, 0.1) is 6.26 Å². The maximum atomic E-state index is 13.0. The van der Waals surface area contributed by atoms with Gasteiger partial charge in [-0.25, -0.2) is 4.79 Å². The molecule has 2 aliphatic rings. The van der Waals surface area contributed by atoms with Crippen molar-refractivity contribution in [3.63, 3.8) is 0 Å². The lowest BCUT2D eigenvalue weighted by Gasteiger charge is -2.43. The molecule has 0 spiro atoms. The molecule has 13 heteroatoms. The van der Waals surface area contributed by atoms with Crippen LogP contribution in [0.3, 0.4) is 0 Å². The zero-order chi connectivity index (χ0) is 32.0. The molecule has 1 fully saturated rings. The van der Waals surface area contributed by atoms with Crippen LogP contribution in [0.4, 0.5) is 0 Å². The largest absolute Gasteiger partial charge is 0.463 e. The van der Waals surface area contributed by atoms with Crippen LogP contribution in [-0.2, 0) is 52.4 Å². The molecule has 42 heavy (non-hydrogen) atoms. The summed E-state index contributed by atoms with van der Waals surface area (Å²) in [5, 5.41) is 23.8. The third-order valence-corrected chi connectivity index (χ3v) is 6.96. The molecule has 2 N–H and O–H groups in total. The van der Waals surface area contributed by atoms with Crippen molar-refractivity contribution in [3.8, 4) is 0 Å². The van der Waals surface area contributed by atoms with E-state index in [0.29, 0.717) is 0 Å². The smallest absolute Gasteiger partial charge is 0.348 e. The summed E-state index contributed by atoms with van der Waals surface area (Å²) in [6.07, 6.45) is -3.52. The van der Waals surface area contributed by atoms with Crippen LogP contribution in [0, 0.1) is 23.7 Å². The first-order valence-corrected chi connectivity index (χ1v) is 14.1. The molecule has 0 aromatic rings. The van der Waals surface area contributed by atoms with Gasteiger partial charge in [-0.2, -0.15) is 0 Å². The van der Waals surface area contributed by atoms with E-state index in [1.807, 2.05) is 13.8 Å². The maximum absolute atomic E-state index is 13.0. The molecule has 0 saturated heterocycles. The van der Waals surface area contributed by atoms with Crippen molar-refractivity contribution in [2.75, 3.05) is 13.2 Å². The van der Waals surface area contributed by atoms with Crippen molar-refractivity contribution in [2.45, 2.75) is 104 Å². The number of ether oxygens (including phenoxy) is 6. The highest BCUT2D eigenvalue weighted by Gasteiger charge is 2.70. The molecule has 0 amide bonds. The molecule has 13 nitrogen and oxygen atoms in total. The molecule has 6 atom stereocenters. The first kappa shape index (κ1) is 35.0. The van der Waals surface area contributed by atoms with Crippen LogP contribution in [0.1, 0.15) is 74.7 Å². The van der Waals surface area contributed by atoms with Gasteiger partial charge >= 0.3 is 29.8 Å². The van der Waals surface area contributed by atoms with Crippen molar-refractivity contribution in [3.05, 3.63) is 11.8 Å². The minimum atomic E-state index is -2.27. The number of carbonyl (C=O) groups excluding carboxylic acids is 5. The van der Waals surface area contributed by atoms with Gasteiger partial charge in [-0.1, -0.05) is 41.5 Å². The predicted molar refractivity (Wildman–Crippen MR) is 144 cm³/mol. The van der Waals surface area contributed by atoms with E-state index in [4.69, 9.17) is 28.4 Å². The minimum Gasteiger partial charge on any atom is -0.463 e. The standard InChI is InChI=1S/C29H44O13/c1-15(2)9-22(32)41-24(17(5)6)26(34)37-12-20-13-38-27(42-23(33)10-16(3)4)25-28(20,35)11-21(40-19(8)31)29(25,36)14-39-18(7)30/h13,15-17,21,24-25,27,35-36H,9-12,14H2,1-8H3. The van der Waals surface area contributed by atoms with E-state index in [2.05, 4.69) is 0 Å². The monoisotopic (exact) mass is 600 g/mol. The minimum absolute atomic E-state index is 0.00105. The molecule has 0 aromatic carbocycles. The molecule has 238 valence electrons. The Kier molecular flexibility index (Phi) is 11.9. The van der Waals surface area contributed by atoms with E-state index in [-0.39, 0.29) is 30.3 Å². The lowest BCUT2D eigenvalue weighted by molar-refractivity contribution is -0.241. The number of esters is 5. The number of carbonyl (C=O) groups is 5. The van der Waals surface area contributed by atoms with Crippen molar-refractivity contribution in [1.29, 1.82) is 0 Å². The summed E-state index contributed by atoms with van der Waals surface area (Å²) >= 11 is 0. The average molecular weight is 601 g/mol. The van der Waals surface area contributed by atoms with Crippen molar-refractivity contribution in [1.82, 2.24) is 0 Å². The summed E-state index contributed by atoms with van der Waals surface area (Å²) in [5.41, 5.74) is -4.44. The van der Waals surface area contributed by atoms with E-state index >= 15 is 0 Å². The zero-order valence-corrected chi connectivity index (χ0v) is 25.5. The first-order chi connectivity index (χ1) is 19.4. The van der Waals surface area contributed by atoms with Crippen molar-refractivity contribution in [2.24, 2.45) is 23.7 Å². The number of fused-ring (bicyclic) bond motifs is 1. The highest BCUT2D eigenvalue weighted by atomic mass is 16.7. The van der Waals surface area contributed by atoms with Gasteiger partial charge in [0.2, 0.25) is 6.10 Å². The summed E-state index contributed by atoms with van der Waals surface area (Å²) < 4.78 is 32.3. The quantitative estimate of drug-likeness (QED) is 0.231. The normalized spacial score (nSPS) is 27.5. The van der Waals surface area contributed by atoms with Gasteiger partial charge in [0.1, 0.15) is 36.4 Å². The topological polar surface area (TPSA) is 181 Å². The fraction of sp³-hybridized carbons (Fsp3) is 0.759. The second kappa shape index (κ2) is 14.3. The average Bonchev–Trinajstić information content (AvgIpc) is 3.06. The molecule has 0 aromatic heterocycles. The molecular weight excluding hydrogens is 556 g/mol. The lowest BCUT2D eigenvalue weighted by Crippen LogP contribution is -2.59. The van der Waals surface area contributed by atoms with Crippen molar-refractivity contribution >= 4 is 29.8 Å². The van der Waals surface area contributed by atoms with Gasteiger partial charge in [-0.3, -0.25) is 19.2 Å². The van der Waals surface area contributed by atoms with Crippen LogP contribution in [0.2, 0.25) is 0 Å². The number of rotatable bonds is 13. The summed E-state index contributed by atoms with van der Waals surface area (Å²) in [5.74, 6) is -5.72. The Balaban J connectivity index is 2.42. The van der Waals surface area contributed by atoms with Crippen LogP contribution in [0.5, 0.6) is 0 Å². The number of aliphatic hydroxyl groups is 2. The van der Waals surface area contributed by atoms with Gasteiger partial charge in [0, 0.05) is 44.6 Å². The van der Waals surface area contributed by atoms with Crippen LogP contribution in [0.15, 0.2) is 11.8 Å². The van der Waals surface area contributed by atoms with Gasteiger partial charge < -0.3 is 38.6 Å². The lowest BCUT2D eigenvalue weighted by atomic mass is 9.77. The zero-order valence-electron chi connectivity index (χ0n) is 25.5. The van der Waals surface area contributed by atoms with E-state index in [1.54, 1.807) is 27.7 Å². The number of hydrogen-bond acceptors (Lipinski definition) is 13. The highest BCUT2D eigenvalue weighted by molar-refractivity contribution is 5.80. The van der Waals surface area contributed by atoms with Gasteiger partial charge in [-0.15, -0.1) is 0 Å². The molecular formula is C29H44O13. The molecule has 6 unspecified atom stereocenters. The second-order valence-corrected chi connectivity index (χ2v) is 12.1. The molecule has 1 aliphatic carbocycles. The fourth-order valence-corrected chi connectivity index (χ4v) is 5.04. The second-order valence-electron chi connectivity index (χ2n) is 12.1. The predicted octanol–water partition coefficient (Wildman–Crippen LogP) is 1.95. The Labute approximate surface area is 245 Å². The van der Waals surface area contributed by atoms with E-state index < -0.39 is 91.0 Å². The summed E-state index contributed by atoms with van der Waals surface area (Å²) in [6, 6.07) is 0. The van der Waals surface area contributed by atoms with E-state index in [9.17, 15) is 34.2 Å². The molecule has 1 saturated carbocycles. The SMILES string of the molecule is CC(=O)OCC1(O)C(OC(C)=O)CC2(O)C(COC(=O)C(OC(=O)CC(C)C)C(C)C)=COC(OC(=O)CC(C)C)C21. The molecule has 0 radical (unpaired) electrons. The molecule has 0 bridgehead atoms. The van der Waals surface area contributed by atoms with Gasteiger partial charge in [-0.05, 0) is 11.8 Å². The molecule has 1 heterocycles. The Hall–Kier alpha value is -3.19. The molecule has 2 rings (SSSR count). The van der Waals surface area contributed by atoms with Crippen molar-refractivity contribution < 1.29 is 62.6 Å². The van der Waals surface area contributed by atoms with Gasteiger partial charge in [0.25, 0.3) is 6.29 Å². The Morgan fingerprint density at radius 2 is 1.50 bits per heavy atom. The summed E-state index contributed by atoms with van der Waals surface area (Å²) in [4.78, 5) is 61.4.